The standard InChI is InChI=1S/C26H31N5O3S/c32-25(27-21-11-4-3-10-20(21)26(33)31-14-5-1-2-6-15-31)19-9-7-13-30(17-19)18-23-28-24(29-34-23)22-12-8-16-35-22/h3-4,8,10-12,16,19H,1-2,5-7,9,13-15,17-18H2,(H,27,32). The largest absolute Gasteiger partial charge is 0.339 e. The zero-order chi connectivity index (χ0) is 24.0. The normalized spacial score (nSPS) is 19.3. The number of likely N-dealkylation sites (tertiary alicyclic amines) is 2. The number of hydrogen-bond acceptors (Lipinski definition) is 7. The Morgan fingerprint density at radius 2 is 1.86 bits per heavy atom. The fraction of sp³-hybridized carbons (Fsp3) is 0.462. The first-order chi connectivity index (χ1) is 17.2. The van der Waals surface area contributed by atoms with Gasteiger partial charge in [0.1, 0.15) is 0 Å². The molecule has 3 aromatic rings. The number of aromatic nitrogens is 2. The summed E-state index contributed by atoms with van der Waals surface area (Å²) in [6, 6.07) is 11.3. The summed E-state index contributed by atoms with van der Waals surface area (Å²) in [5.74, 6) is 0.959. The first-order valence-corrected chi connectivity index (χ1v) is 13.3. The number of thiophene rings is 1. The molecule has 184 valence electrons. The second kappa shape index (κ2) is 11.1. The van der Waals surface area contributed by atoms with Gasteiger partial charge in [0.05, 0.1) is 28.6 Å². The van der Waals surface area contributed by atoms with E-state index in [1.807, 2.05) is 46.7 Å². The minimum atomic E-state index is -0.162. The number of carbonyl (C=O) groups is 2. The lowest BCUT2D eigenvalue weighted by Gasteiger charge is -2.31. The van der Waals surface area contributed by atoms with Gasteiger partial charge >= 0.3 is 0 Å². The van der Waals surface area contributed by atoms with E-state index in [0.717, 1.165) is 50.2 Å². The molecule has 8 nitrogen and oxygen atoms in total. The molecule has 1 unspecified atom stereocenters. The predicted octanol–water partition coefficient (Wildman–Crippen LogP) is 4.67. The van der Waals surface area contributed by atoms with E-state index in [0.29, 0.717) is 36.1 Å². The molecule has 2 fully saturated rings. The average molecular weight is 494 g/mol. The number of carbonyl (C=O) groups excluding carboxylic acids is 2. The molecule has 2 amide bonds. The van der Waals surface area contributed by atoms with Crippen molar-refractivity contribution in [2.75, 3.05) is 31.5 Å². The van der Waals surface area contributed by atoms with Gasteiger partial charge in [0.2, 0.25) is 17.6 Å². The third-order valence-electron chi connectivity index (χ3n) is 6.75. The van der Waals surface area contributed by atoms with Gasteiger partial charge in [-0.1, -0.05) is 36.2 Å². The van der Waals surface area contributed by atoms with Crippen LogP contribution in [0.1, 0.15) is 54.8 Å². The van der Waals surface area contributed by atoms with Gasteiger partial charge in [-0.3, -0.25) is 14.5 Å². The molecular weight excluding hydrogens is 462 g/mol. The van der Waals surface area contributed by atoms with Gasteiger partial charge in [-0.25, -0.2) is 0 Å². The first kappa shape index (κ1) is 23.7. The van der Waals surface area contributed by atoms with Gasteiger partial charge < -0.3 is 14.7 Å². The molecule has 35 heavy (non-hydrogen) atoms. The highest BCUT2D eigenvalue weighted by Crippen LogP contribution is 2.25. The van der Waals surface area contributed by atoms with Crippen LogP contribution in [0.25, 0.3) is 10.7 Å². The number of benzene rings is 1. The zero-order valence-electron chi connectivity index (χ0n) is 19.8. The quantitative estimate of drug-likeness (QED) is 0.537. The maximum Gasteiger partial charge on any atom is 0.255 e. The van der Waals surface area contributed by atoms with Gasteiger partial charge in [0.15, 0.2) is 0 Å². The number of anilines is 1. The van der Waals surface area contributed by atoms with Crippen LogP contribution >= 0.6 is 11.3 Å². The smallest absolute Gasteiger partial charge is 0.255 e. The van der Waals surface area contributed by atoms with E-state index in [9.17, 15) is 9.59 Å². The summed E-state index contributed by atoms with van der Waals surface area (Å²) in [5.41, 5.74) is 1.17. The summed E-state index contributed by atoms with van der Waals surface area (Å²) in [6.45, 7) is 3.58. The molecule has 5 rings (SSSR count). The van der Waals surface area contributed by atoms with Crippen molar-refractivity contribution in [1.82, 2.24) is 19.9 Å². The highest BCUT2D eigenvalue weighted by atomic mass is 32.1. The second-order valence-corrected chi connectivity index (χ2v) is 10.3. The number of rotatable bonds is 6. The molecular formula is C26H31N5O3S. The summed E-state index contributed by atoms with van der Waals surface area (Å²) in [5, 5.41) is 9.13. The van der Waals surface area contributed by atoms with E-state index in [1.165, 1.54) is 12.8 Å². The minimum absolute atomic E-state index is 0.00556. The van der Waals surface area contributed by atoms with E-state index in [4.69, 9.17) is 4.52 Å². The molecule has 1 atom stereocenters. The second-order valence-electron chi connectivity index (χ2n) is 9.30. The monoisotopic (exact) mass is 493 g/mol. The van der Waals surface area contributed by atoms with E-state index < -0.39 is 0 Å². The Morgan fingerprint density at radius 3 is 2.66 bits per heavy atom. The third kappa shape index (κ3) is 5.79. The Morgan fingerprint density at radius 1 is 1.03 bits per heavy atom. The molecule has 9 heteroatoms. The molecule has 0 aliphatic carbocycles. The lowest BCUT2D eigenvalue weighted by atomic mass is 9.96. The van der Waals surface area contributed by atoms with E-state index in [2.05, 4.69) is 20.4 Å². The summed E-state index contributed by atoms with van der Waals surface area (Å²) >= 11 is 1.58. The highest BCUT2D eigenvalue weighted by molar-refractivity contribution is 7.13. The third-order valence-corrected chi connectivity index (χ3v) is 7.62. The van der Waals surface area contributed by atoms with E-state index >= 15 is 0 Å². The van der Waals surface area contributed by atoms with Crippen molar-refractivity contribution in [3.8, 4) is 10.7 Å². The molecule has 2 aromatic heterocycles. The Balaban J connectivity index is 1.21. The maximum atomic E-state index is 13.2. The number of para-hydroxylation sites is 1. The van der Waals surface area contributed by atoms with Crippen LogP contribution in [0.4, 0.5) is 5.69 Å². The van der Waals surface area contributed by atoms with Gasteiger partial charge in [-0.2, -0.15) is 4.98 Å². The van der Waals surface area contributed by atoms with Crippen molar-refractivity contribution in [2.24, 2.45) is 5.92 Å². The Hall–Kier alpha value is -3.04. The van der Waals surface area contributed by atoms with Crippen molar-refractivity contribution >= 4 is 28.8 Å². The SMILES string of the molecule is O=C(Nc1ccccc1C(=O)N1CCCCCC1)C1CCCN(Cc2nc(-c3cccs3)no2)C1. The zero-order valence-corrected chi connectivity index (χ0v) is 20.6. The number of amides is 2. The predicted molar refractivity (Wildman–Crippen MR) is 135 cm³/mol. The molecule has 0 bridgehead atoms. The van der Waals surface area contributed by atoms with Crippen LogP contribution in [0.2, 0.25) is 0 Å². The van der Waals surface area contributed by atoms with Crippen LogP contribution < -0.4 is 5.32 Å². The molecule has 2 aliphatic heterocycles. The Bertz CT molecular complexity index is 1140. The summed E-state index contributed by atoms with van der Waals surface area (Å²) in [4.78, 5) is 36.0. The summed E-state index contributed by atoms with van der Waals surface area (Å²) in [6.07, 6.45) is 6.13. The van der Waals surface area contributed by atoms with Crippen molar-refractivity contribution in [1.29, 1.82) is 0 Å². The molecule has 0 saturated carbocycles. The lowest BCUT2D eigenvalue weighted by Crippen LogP contribution is -2.40. The number of hydrogen-bond donors (Lipinski definition) is 1. The maximum absolute atomic E-state index is 13.2. The lowest BCUT2D eigenvalue weighted by molar-refractivity contribution is -0.121. The number of nitrogens with zero attached hydrogens (tertiary/aromatic N) is 4. The van der Waals surface area contributed by atoms with Crippen LogP contribution in [0.15, 0.2) is 46.3 Å². The van der Waals surface area contributed by atoms with Gasteiger partial charge in [-0.05, 0) is 55.8 Å². The molecule has 2 aliphatic rings. The van der Waals surface area contributed by atoms with E-state index in [1.54, 1.807) is 11.3 Å². The molecule has 2 saturated heterocycles. The van der Waals surface area contributed by atoms with Gasteiger partial charge in [0, 0.05) is 19.6 Å². The first-order valence-electron chi connectivity index (χ1n) is 12.5. The fourth-order valence-corrected chi connectivity index (χ4v) is 5.54. The molecule has 0 spiro atoms. The Labute approximate surface area is 209 Å². The summed E-state index contributed by atoms with van der Waals surface area (Å²) in [7, 11) is 0. The highest BCUT2D eigenvalue weighted by Gasteiger charge is 2.28. The number of nitrogens with one attached hydrogen (secondary N) is 1. The van der Waals surface area contributed by atoms with Crippen LogP contribution in [0.3, 0.4) is 0 Å². The van der Waals surface area contributed by atoms with Gasteiger partial charge in [-0.15, -0.1) is 11.3 Å². The van der Waals surface area contributed by atoms with Crippen LogP contribution in [-0.2, 0) is 11.3 Å². The molecule has 1 N–H and O–H groups in total. The molecule has 0 radical (unpaired) electrons. The van der Waals surface area contributed by atoms with Crippen molar-refractivity contribution in [3.05, 3.63) is 53.2 Å². The van der Waals surface area contributed by atoms with Crippen molar-refractivity contribution < 1.29 is 14.1 Å². The van der Waals surface area contributed by atoms with Crippen LogP contribution in [0.5, 0.6) is 0 Å². The van der Waals surface area contributed by atoms with Crippen LogP contribution in [0, 0.1) is 5.92 Å². The molecule has 1 aromatic carbocycles. The Kier molecular flexibility index (Phi) is 7.54. The van der Waals surface area contributed by atoms with Crippen molar-refractivity contribution in [3.63, 3.8) is 0 Å². The number of piperidine rings is 1. The van der Waals surface area contributed by atoms with Crippen molar-refractivity contribution in [2.45, 2.75) is 45.1 Å². The van der Waals surface area contributed by atoms with Gasteiger partial charge in [0.25, 0.3) is 5.91 Å². The minimum Gasteiger partial charge on any atom is -0.339 e. The topological polar surface area (TPSA) is 91.6 Å². The fourth-order valence-electron chi connectivity index (χ4n) is 4.89. The average Bonchev–Trinajstić information content (AvgIpc) is 3.50. The van der Waals surface area contributed by atoms with Crippen LogP contribution in [-0.4, -0.2) is 57.9 Å². The molecule has 4 heterocycles. The summed E-state index contributed by atoms with van der Waals surface area (Å²) < 4.78 is 5.45. The van der Waals surface area contributed by atoms with E-state index in [-0.39, 0.29) is 17.7 Å².